The predicted molar refractivity (Wildman–Crippen MR) is 165 cm³/mol. The van der Waals surface area contributed by atoms with Crippen molar-refractivity contribution >= 4 is 12.0 Å². The number of alkyl carbamates (subject to hydrolysis) is 1. The van der Waals surface area contributed by atoms with Crippen LogP contribution in [0.3, 0.4) is 0 Å². The topological polar surface area (TPSA) is 125 Å². The first-order valence-corrected chi connectivity index (χ1v) is 14.8. The fourth-order valence-electron chi connectivity index (χ4n) is 4.93. The van der Waals surface area contributed by atoms with Crippen LogP contribution in [0.25, 0.3) is 0 Å². The highest BCUT2D eigenvalue weighted by Gasteiger charge is 2.26. The van der Waals surface area contributed by atoms with Crippen LogP contribution in [0.2, 0.25) is 0 Å². The SMILES string of the molecule is CC(C)(C)NC(=O)OCCC1CCN(C(=O)c2ccc(OCc3cccc(C#N)c3)cc2OCc2cccc(C#N)c2)CC1. The van der Waals surface area contributed by atoms with E-state index in [4.69, 9.17) is 14.2 Å². The van der Waals surface area contributed by atoms with E-state index in [9.17, 15) is 20.1 Å². The second-order valence-electron chi connectivity index (χ2n) is 11.9. The molecule has 9 nitrogen and oxygen atoms in total. The first kappa shape index (κ1) is 31.9. The van der Waals surface area contributed by atoms with Crippen LogP contribution in [0.15, 0.2) is 66.7 Å². The Morgan fingerprint density at radius 3 is 2.09 bits per heavy atom. The van der Waals surface area contributed by atoms with Crippen molar-refractivity contribution in [1.82, 2.24) is 10.2 Å². The molecule has 1 aliphatic rings. The summed E-state index contributed by atoms with van der Waals surface area (Å²) in [5, 5.41) is 21.2. The molecule has 228 valence electrons. The Morgan fingerprint density at radius 1 is 0.886 bits per heavy atom. The van der Waals surface area contributed by atoms with Gasteiger partial charge in [0.2, 0.25) is 0 Å². The first-order chi connectivity index (χ1) is 21.1. The van der Waals surface area contributed by atoms with Gasteiger partial charge in [-0.25, -0.2) is 4.79 Å². The Bertz CT molecular complexity index is 1540. The maximum atomic E-state index is 13.7. The molecule has 3 aromatic rings. The van der Waals surface area contributed by atoms with Gasteiger partial charge in [-0.2, -0.15) is 10.5 Å². The molecule has 0 saturated carbocycles. The number of piperidine rings is 1. The highest BCUT2D eigenvalue weighted by Crippen LogP contribution is 2.30. The van der Waals surface area contributed by atoms with E-state index < -0.39 is 6.09 Å². The van der Waals surface area contributed by atoms with Crippen molar-refractivity contribution in [3.63, 3.8) is 0 Å². The van der Waals surface area contributed by atoms with E-state index >= 15 is 0 Å². The minimum atomic E-state index is -0.417. The van der Waals surface area contributed by atoms with Crippen molar-refractivity contribution in [3.8, 4) is 23.6 Å². The van der Waals surface area contributed by atoms with Crippen LogP contribution in [0.5, 0.6) is 11.5 Å². The summed E-state index contributed by atoms with van der Waals surface area (Å²) in [6.07, 6.45) is 1.96. The molecule has 2 amide bonds. The number of hydrogen-bond acceptors (Lipinski definition) is 7. The summed E-state index contributed by atoms with van der Waals surface area (Å²) in [4.78, 5) is 27.5. The molecule has 44 heavy (non-hydrogen) atoms. The zero-order valence-corrected chi connectivity index (χ0v) is 25.5. The number of benzene rings is 3. The number of nitrogens with zero attached hydrogens (tertiary/aromatic N) is 3. The summed E-state index contributed by atoms with van der Waals surface area (Å²) in [6, 6.07) is 23.8. The zero-order chi connectivity index (χ0) is 31.5. The van der Waals surface area contributed by atoms with Crippen LogP contribution in [0.1, 0.15) is 72.6 Å². The second kappa shape index (κ2) is 14.9. The van der Waals surface area contributed by atoms with Crippen molar-refractivity contribution in [2.75, 3.05) is 19.7 Å². The molecule has 1 saturated heterocycles. The van der Waals surface area contributed by atoms with Crippen LogP contribution < -0.4 is 14.8 Å². The van der Waals surface area contributed by atoms with Crippen molar-refractivity contribution in [3.05, 3.63) is 94.5 Å². The van der Waals surface area contributed by atoms with Gasteiger partial charge < -0.3 is 24.4 Å². The van der Waals surface area contributed by atoms with Crippen molar-refractivity contribution in [2.24, 2.45) is 5.92 Å². The Kier molecular flexibility index (Phi) is 10.8. The van der Waals surface area contributed by atoms with E-state index in [0.29, 0.717) is 53.8 Å². The molecule has 0 unspecified atom stereocenters. The van der Waals surface area contributed by atoms with Gasteiger partial charge in [-0.15, -0.1) is 0 Å². The van der Waals surface area contributed by atoms with Gasteiger partial charge in [0.05, 0.1) is 35.4 Å². The number of likely N-dealkylation sites (tertiary alicyclic amines) is 1. The molecule has 0 radical (unpaired) electrons. The van der Waals surface area contributed by atoms with Crippen LogP contribution in [-0.4, -0.2) is 42.1 Å². The number of carbonyl (C=O) groups is 2. The van der Waals surface area contributed by atoms with Gasteiger partial charge in [-0.05, 0) is 93.5 Å². The van der Waals surface area contributed by atoms with Crippen LogP contribution in [0.4, 0.5) is 4.79 Å². The molecular weight excluding hydrogens is 556 g/mol. The minimum absolute atomic E-state index is 0.127. The fourth-order valence-corrected chi connectivity index (χ4v) is 4.93. The van der Waals surface area contributed by atoms with Crippen LogP contribution >= 0.6 is 0 Å². The number of ether oxygens (including phenoxy) is 3. The summed E-state index contributed by atoms with van der Waals surface area (Å²) >= 11 is 0. The van der Waals surface area contributed by atoms with Gasteiger partial charge in [0.15, 0.2) is 0 Å². The highest BCUT2D eigenvalue weighted by atomic mass is 16.5. The minimum Gasteiger partial charge on any atom is -0.489 e. The van der Waals surface area contributed by atoms with Gasteiger partial charge in [0, 0.05) is 24.7 Å². The van der Waals surface area contributed by atoms with Crippen molar-refractivity contribution < 1.29 is 23.8 Å². The molecule has 0 aromatic heterocycles. The molecule has 1 N–H and O–H groups in total. The van der Waals surface area contributed by atoms with Crippen LogP contribution in [0, 0.1) is 28.6 Å². The summed E-state index contributed by atoms with van der Waals surface area (Å²) in [5.41, 5.74) is 2.82. The smallest absolute Gasteiger partial charge is 0.407 e. The summed E-state index contributed by atoms with van der Waals surface area (Å²) < 4.78 is 17.5. The van der Waals surface area contributed by atoms with Gasteiger partial charge in [-0.1, -0.05) is 24.3 Å². The maximum Gasteiger partial charge on any atom is 0.407 e. The molecular formula is C35H38N4O5. The third-order valence-corrected chi connectivity index (χ3v) is 7.23. The number of rotatable bonds is 10. The van der Waals surface area contributed by atoms with E-state index in [1.54, 1.807) is 48.5 Å². The Morgan fingerprint density at radius 2 is 1.50 bits per heavy atom. The largest absolute Gasteiger partial charge is 0.489 e. The van der Waals surface area contributed by atoms with Crippen molar-refractivity contribution in [1.29, 1.82) is 10.5 Å². The number of nitrogens with one attached hydrogen (secondary N) is 1. The Balaban J connectivity index is 1.41. The molecule has 1 heterocycles. The van der Waals surface area contributed by atoms with E-state index in [1.807, 2.05) is 43.9 Å². The van der Waals surface area contributed by atoms with Crippen molar-refractivity contribution in [2.45, 2.75) is 58.8 Å². The third-order valence-electron chi connectivity index (χ3n) is 7.23. The normalized spacial score (nSPS) is 13.3. The van der Waals surface area contributed by atoms with E-state index in [0.717, 1.165) is 30.4 Å². The molecule has 1 fully saturated rings. The second-order valence-corrected chi connectivity index (χ2v) is 11.9. The Labute approximate surface area is 259 Å². The molecule has 4 rings (SSSR count). The zero-order valence-electron chi connectivity index (χ0n) is 25.5. The molecule has 0 spiro atoms. The molecule has 0 aliphatic carbocycles. The summed E-state index contributed by atoms with van der Waals surface area (Å²) in [5.74, 6) is 1.15. The molecule has 9 heteroatoms. The number of carbonyl (C=O) groups excluding carboxylic acids is 2. The Hall–Kier alpha value is -5.02. The third kappa shape index (κ3) is 9.50. The fraction of sp³-hybridized carbons (Fsp3) is 0.371. The van der Waals surface area contributed by atoms with Gasteiger partial charge in [-0.3, -0.25) is 4.79 Å². The molecule has 3 aromatic carbocycles. The standard InChI is InChI=1S/C35H38N4O5/c1-35(2,3)38-34(41)42-17-14-25-12-15-39(16-13-25)33(40)31-11-10-30(43-23-28-8-4-6-26(18-28)21-36)20-32(31)44-24-29-9-5-7-27(19-29)22-37/h4-11,18-20,25H,12-17,23-24H2,1-3H3,(H,38,41). The lowest BCUT2D eigenvalue weighted by atomic mass is 9.93. The first-order valence-electron chi connectivity index (χ1n) is 14.8. The van der Waals surface area contributed by atoms with E-state index in [2.05, 4.69) is 17.5 Å². The molecule has 1 aliphatic heterocycles. The average Bonchev–Trinajstić information content (AvgIpc) is 3.02. The maximum absolute atomic E-state index is 13.7. The summed E-state index contributed by atoms with van der Waals surface area (Å²) in [7, 11) is 0. The quantitative estimate of drug-likeness (QED) is 0.290. The lowest BCUT2D eigenvalue weighted by molar-refractivity contribution is 0.0667. The van der Waals surface area contributed by atoms with E-state index in [-0.39, 0.29) is 24.7 Å². The number of nitriles is 2. The number of amides is 2. The lowest BCUT2D eigenvalue weighted by Gasteiger charge is -2.32. The predicted octanol–water partition coefficient (Wildman–Crippen LogP) is 6.35. The van der Waals surface area contributed by atoms with Gasteiger partial charge in [0.1, 0.15) is 24.7 Å². The van der Waals surface area contributed by atoms with Gasteiger partial charge in [0.25, 0.3) is 5.91 Å². The summed E-state index contributed by atoms with van der Waals surface area (Å²) in [6.45, 7) is 7.66. The number of hydrogen-bond donors (Lipinski definition) is 1. The lowest BCUT2D eigenvalue weighted by Crippen LogP contribution is -2.41. The highest BCUT2D eigenvalue weighted by molar-refractivity contribution is 5.97. The van der Waals surface area contributed by atoms with E-state index in [1.165, 1.54) is 0 Å². The monoisotopic (exact) mass is 594 g/mol. The van der Waals surface area contributed by atoms with Gasteiger partial charge >= 0.3 is 6.09 Å². The van der Waals surface area contributed by atoms with Crippen LogP contribution in [-0.2, 0) is 18.0 Å². The average molecular weight is 595 g/mol. The molecule has 0 atom stereocenters. The molecule has 0 bridgehead atoms.